The second kappa shape index (κ2) is 8.41. The summed E-state index contributed by atoms with van der Waals surface area (Å²) in [6.07, 6.45) is 3.49. The smallest absolute Gasteiger partial charge is 0.323 e. The number of anilines is 1. The van der Waals surface area contributed by atoms with E-state index in [2.05, 4.69) is 33.6 Å². The minimum atomic E-state index is -0.397. The lowest BCUT2D eigenvalue weighted by atomic mass is 10.0. The Balaban J connectivity index is 2.14. The molecule has 0 fully saturated rings. The lowest BCUT2D eigenvalue weighted by molar-refractivity contribution is -0.141. The monoisotopic (exact) mass is 481 g/mol. The molecule has 136 valence electrons. The molecule has 26 heavy (non-hydrogen) atoms. The fourth-order valence-corrected chi connectivity index (χ4v) is 4.95. The molecule has 1 aromatic heterocycles. The van der Waals surface area contributed by atoms with Crippen molar-refractivity contribution in [3.8, 4) is 0 Å². The number of hydrogen-bond acceptors (Lipinski definition) is 6. The first kappa shape index (κ1) is 19.2. The first-order valence-corrected chi connectivity index (χ1v) is 10.5. The van der Waals surface area contributed by atoms with E-state index in [1.807, 2.05) is 38.1 Å². The first-order chi connectivity index (χ1) is 12.5. The van der Waals surface area contributed by atoms with Crippen molar-refractivity contribution < 1.29 is 9.53 Å². The van der Waals surface area contributed by atoms with E-state index in [9.17, 15) is 4.79 Å². The maximum Gasteiger partial charge on any atom is 0.323 e. The van der Waals surface area contributed by atoms with Crippen molar-refractivity contribution >= 4 is 51.7 Å². The van der Waals surface area contributed by atoms with Gasteiger partial charge in [-0.1, -0.05) is 40.8 Å². The lowest BCUT2D eigenvalue weighted by Gasteiger charge is -2.32. The van der Waals surface area contributed by atoms with E-state index < -0.39 is 3.92 Å². The van der Waals surface area contributed by atoms with Crippen LogP contribution in [-0.2, 0) is 9.53 Å². The lowest BCUT2D eigenvalue weighted by Crippen LogP contribution is -2.35. The summed E-state index contributed by atoms with van der Waals surface area (Å²) in [7, 11) is 0. The van der Waals surface area contributed by atoms with Crippen LogP contribution in [0.2, 0.25) is 0 Å². The van der Waals surface area contributed by atoms with Gasteiger partial charge in [0.1, 0.15) is 3.92 Å². The third-order valence-corrected chi connectivity index (χ3v) is 6.52. The molecule has 0 bridgehead atoms. The number of hydrazine groups is 1. The Kier molecular flexibility index (Phi) is 6.20. The molecule has 1 aliphatic rings. The van der Waals surface area contributed by atoms with Crippen LogP contribution in [0.3, 0.4) is 0 Å². The molecule has 0 saturated heterocycles. The van der Waals surface area contributed by atoms with Crippen LogP contribution in [0, 0.1) is 6.92 Å². The van der Waals surface area contributed by atoms with Crippen molar-refractivity contribution in [2.75, 3.05) is 17.4 Å². The molecule has 0 saturated carbocycles. The molecule has 5 nitrogen and oxygen atoms in total. The average Bonchev–Trinajstić information content (AvgIpc) is 2.66. The van der Waals surface area contributed by atoms with Gasteiger partial charge in [0, 0.05) is 22.4 Å². The Morgan fingerprint density at radius 2 is 2.19 bits per heavy atom. The van der Waals surface area contributed by atoms with Gasteiger partial charge in [-0.2, -0.15) is 0 Å². The predicted molar refractivity (Wildman–Crippen MR) is 114 cm³/mol. The summed E-state index contributed by atoms with van der Waals surface area (Å²) in [5.41, 5.74) is 4.66. The van der Waals surface area contributed by atoms with Crippen molar-refractivity contribution in [1.82, 2.24) is 4.98 Å². The maximum atomic E-state index is 12.4. The molecular formula is C19H20IN3O2S. The van der Waals surface area contributed by atoms with Crippen LogP contribution in [0.5, 0.6) is 0 Å². The molecule has 2 N–H and O–H groups in total. The number of esters is 1. The molecule has 3 rings (SSSR count). The van der Waals surface area contributed by atoms with Gasteiger partial charge in [-0.05, 0) is 37.1 Å². The zero-order chi connectivity index (χ0) is 18.7. The Labute approximate surface area is 171 Å². The quantitative estimate of drug-likeness (QED) is 0.229. The predicted octanol–water partition coefficient (Wildman–Crippen LogP) is 3.95. The maximum absolute atomic E-state index is 12.4. The molecule has 1 atom stereocenters. The second-order valence-electron chi connectivity index (χ2n) is 5.81. The Morgan fingerprint density at radius 1 is 1.42 bits per heavy atom. The number of pyridine rings is 1. The van der Waals surface area contributed by atoms with Crippen LogP contribution in [0.15, 0.2) is 53.2 Å². The summed E-state index contributed by atoms with van der Waals surface area (Å²) in [6.45, 7) is 4.17. The van der Waals surface area contributed by atoms with Gasteiger partial charge in [-0.25, -0.2) is 5.84 Å². The van der Waals surface area contributed by atoms with Crippen LogP contribution in [0.25, 0.3) is 5.70 Å². The number of carbonyl (C=O) groups excluding carboxylic acids is 1. The number of aromatic nitrogens is 1. The number of alkyl halides is 1. The fraction of sp³-hybridized carbons (Fsp3) is 0.263. The van der Waals surface area contributed by atoms with E-state index in [0.717, 1.165) is 33.0 Å². The highest BCUT2D eigenvalue weighted by atomic mass is 127. The zero-order valence-electron chi connectivity index (χ0n) is 14.6. The van der Waals surface area contributed by atoms with Crippen LogP contribution in [-0.4, -0.2) is 27.2 Å². The van der Waals surface area contributed by atoms with E-state index in [1.165, 1.54) is 0 Å². The van der Waals surface area contributed by atoms with Gasteiger partial charge >= 0.3 is 5.97 Å². The van der Waals surface area contributed by atoms with Crippen LogP contribution < -0.4 is 10.9 Å². The van der Waals surface area contributed by atoms with Gasteiger partial charge < -0.3 is 4.74 Å². The Morgan fingerprint density at radius 3 is 2.92 bits per heavy atom. The average molecular weight is 481 g/mol. The number of thioether (sulfide) groups is 1. The summed E-state index contributed by atoms with van der Waals surface area (Å²) in [4.78, 5) is 17.7. The number of halogens is 1. The topological polar surface area (TPSA) is 68.5 Å². The summed E-state index contributed by atoms with van der Waals surface area (Å²) >= 11 is 3.85. The van der Waals surface area contributed by atoms with Crippen molar-refractivity contribution in [3.05, 3.63) is 59.4 Å². The third kappa shape index (κ3) is 3.74. The van der Waals surface area contributed by atoms with Crippen molar-refractivity contribution in [2.24, 2.45) is 5.84 Å². The number of rotatable bonds is 5. The van der Waals surface area contributed by atoms with Crippen molar-refractivity contribution in [2.45, 2.75) is 22.7 Å². The van der Waals surface area contributed by atoms with Crippen LogP contribution in [0.4, 0.5) is 5.69 Å². The minimum absolute atomic E-state index is 0.239. The van der Waals surface area contributed by atoms with E-state index in [1.54, 1.807) is 29.2 Å². The highest BCUT2D eigenvalue weighted by molar-refractivity contribution is 14.1. The molecular weight excluding hydrogens is 461 g/mol. The van der Waals surface area contributed by atoms with Gasteiger partial charge in [0.25, 0.3) is 0 Å². The molecule has 0 amide bonds. The molecule has 0 aliphatic carbocycles. The molecule has 2 heterocycles. The van der Waals surface area contributed by atoms with Gasteiger partial charge in [-0.15, -0.1) is 11.8 Å². The van der Waals surface area contributed by atoms with Crippen LogP contribution >= 0.6 is 34.4 Å². The number of nitrogens with zero attached hydrogens (tertiary/aromatic N) is 2. The molecule has 2 aromatic rings. The van der Waals surface area contributed by atoms with Gasteiger partial charge in [0.2, 0.25) is 0 Å². The Hall–Kier alpha value is -1.58. The first-order valence-electron chi connectivity index (χ1n) is 8.26. The SMILES string of the molecule is CCOC(=O)C(I)C1=C(N(N)c2cnccc2C)c2ccccc2SC1. The molecule has 7 heteroatoms. The van der Waals surface area contributed by atoms with E-state index in [-0.39, 0.29) is 5.97 Å². The second-order valence-corrected chi connectivity index (χ2v) is 8.07. The number of carbonyl (C=O) groups is 1. The zero-order valence-corrected chi connectivity index (χ0v) is 17.6. The number of hydrogen-bond donors (Lipinski definition) is 1. The van der Waals surface area contributed by atoms with Gasteiger partial charge in [0.05, 0.1) is 24.2 Å². The van der Waals surface area contributed by atoms with Crippen LogP contribution in [0.1, 0.15) is 18.1 Å². The highest BCUT2D eigenvalue weighted by Crippen LogP contribution is 2.42. The molecule has 1 aromatic carbocycles. The molecule has 1 unspecified atom stereocenters. The number of aryl methyl sites for hydroxylation is 1. The highest BCUT2D eigenvalue weighted by Gasteiger charge is 2.31. The Bertz CT molecular complexity index is 856. The number of nitrogens with two attached hydrogens (primary N) is 1. The fourth-order valence-electron chi connectivity index (χ4n) is 2.85. The van der Waals surface area contributed by atoms with E-state index in [4.69, 9.17) is 10.6 Å². The number of ether oxygens (including phenoxy) is 1. The summed E-state index contributed by atoms with van der Waals surface area (Å²) in [6, 6.07) is 10.0. The van der Waals surface area contributed by atoms with Gasteiger partial charge in [0.15, 0.2) is 0 Å². The van der Waals surface area contributed by atoms with Crippen molar-refractivity contribution in [1.29, 1.82) is 0 Å². The number of fused-ring (bicyclic) bond motifs is 1. The minimum Gasteiger partial charge on any atom is -0.465 e. The third-order valence-electron chi connectivity index (χ3n) is 4.14. The summed E-state index contributed by atoms with van der Waals surface area (Å²) in [5, 5.41) is 1.65. The standard InChI is InChI=1S/C19H20IN3O2S/c1-3-25-19(24)17(20)14-11-26-16-7-5-4-6-13(16)18(14)23(21)15-10-22-9-8-12(15)2/h4-10,17H,3,11,21H2,1-2H3. The van der Waals surface area contributed by atoms with Crippen molar-refractivity contribution in [3.63, 3.8) is 0 Å². The number of benzene rings is 1. The van der Waals surface area contributed by atoms with Gasteiger partial charge in [-0.3, -0.25) is 14.8 Å². The molecule has 0 spiro atoms. The van der Waals surface area contributed by atoms with E-state index >= 15 is 0 Å². The molecule has 1 aliphatic heterocycles. The molecule has 0 radical (unpaired) electrons. The normalized spacial score (nSPS) is 14.6. The largest absolute Gasteiger partial charge is 0.465 e. The van der Waals surface area contributed by atoms with E-state index in [0.29, 0.717) is 12.4 Å². The summed E-state index contributed by atoms with van der Waals surface area (Å²) < 4.78 is 4.84. The summed E-state index contributed by atoms with van der Waals surface area (Å²) in [5.74, 6) is 7.01.